The van der Waals surface area contributed by atoms with Gasteiger partial charge in [0.2, 0.25) is 5.91 Å². The summed E-state index contributed by atoms with van der Waals surface area (Å²) in [5.41, 5.74) is 4.34. The first-order chi connectivity index (χ1) is 11.6. The zero-order valence-corrected chi connectivity index (χ0v) is 14.5. The van der Waals surface area contributed by atoms with E-state index in [-0.39, 0.29) is 17.9 Å². The lowest BCUT2D eigenvalue weighted by Crippen LogP contribution is -2.37. The molecule has 1 amide bonds. The molecule has 0 saturated heterocycles. The first-order valence-corrected chi connectivity index (χ1v) is 8.57. The SMILES string of the molecule is CC[C@@H](C)C(=O)NC[C@@H]1Cc2cc(C)cc(-c3ccccn3)c2O1. The Kier molecular flexibility index (Phi) is 4.84. The molecule has 2 heterocycles. The molecule has 1 aliphatic rings. The highest BCUT2D eigenvalue weighted by Crippen LogP contribution is 2.39. The van der Waals surface area contributed by atoms with Crippen LogP contribution in [0.3, 0.4) is 0 Å². The zero-order chi connectivity index (χ0) is 17.1. The Bertz CT molecular complexity index is 728. The summed E-state index contributed by atoms with van der Waals surface area (Å²) in [4.78, 5) is 16.4. The van der Waals surface area contributed by atoms with Crippen LogP contribution in [0, 0.1) is 12.8 Å². The Morgan fingerprint density at radius 3 is 2.96 bits per heavy atom. The Labute approximate surface area is 143 Å². The average molecular weight is 324 g/mol. The molecule has 4 heteroatoms. The van der Waals surface area contributed by atoms with Gasteiger partial charge in [-0.05, 0) is 42.7 Å². The third-order valence-corrected chi connectivity index (χ3v) is 4.55. The lowest BCUT2D eigenvalue weighted by atomic mass is 10.0. The number of carbonyl (C=O) groups excluding carboxylic acids is 1. The van der Waals surface area contributed by atoms with Gasteiger partial charge in [-0.15, -0.1) is 0 Å². The molecule has 0 radical (unpaired) electrons. The second kappa shape index (κ2) is 7.04. The largest absolute Gasteiger partial charge is 0.487 e. The summed E-state index contributed by atoms with van der Waals surface area (Å²) in [6, 6.07) is 10.2. The number of pyridine rings is 1. The van der Waals surface area contributed by atoms with E-state index in [1.54, 1.807) is 6.20 Å². The average Bonchev–Trinajstić information content (AvgIpc) is 3.01. The molecule has 0 fully saturated rings. The van der Waals surface area contributed by atoms with Crippen LogP contribution >= 0.6 is 0 Å². The van der Waals surface area contributed by atoms with Gasteiger partial charge in [-0.3, -0.25) is 9.78 Å². The fourth-order valence-electron chi connectivity index (χ4n) is 2.99. The number of benzene rings is 1. The van der Waals surface area contributed by atoms with Gasteiger partial charge < -0.3 is 10.1 Å². The molecule has 24 heavy (non-hydrogen) atoms. The van der Waals surface area contributed by atoms with E-state index in [1.807, 2.05) is 32.0 Å². The molecular formula is C20H24N2O2. The van der Waals surface area contributed by atoms with Crippen molar-refractivity contribution < 1.29 is 9.53 Å². The molecule has 2 atom stereocenters. The second-order valence-electron chi connectivity index (χ2n) is 6.51. The molecule has 0 bridgehead atoms. The second-order valence-corrected chi connectivity index (χ2v) is 6.51. The van der Waals surface area contributed by atoms with Gasteiger partial charge in [0.15, 0.2) is 0 Å². The molecule has 0 spiro atoms. The minimum absolute atomic E-state index is 0.0164. The maximum atomic E-state index is 12.0. The normalized spacial score (nSPS) is 17.0. The molecule has 1 N–H and O–H groups in total. The van der Waals surface area contributed by atoms with Crippen molar-refractivity contribution in [3.63, 3.8) is 0 Å². The molecule has 0 aliphatic carbocycles. The molecule has 0 unspecified atom stereocenters. The number of amides is 1. The van der Waals surface area contributed by atoms with E-state index >= 15 is 0 Å². The van der Waals surface area contributed by atoms with Gasteiger partial charge in [0, 0.05) is 24.1 Å². The fraction of sp³-hybridized carbons (Fsp3) is 0.400. The van der Waals surface area contributed by atoms with Gasteiger partial charge in [0.05, 0.1) is 12.2 Å². The van der Waals surface area contributed by atoms with Crippen molar-refractivity contribution in [2.45, 2.75) is 39.7 Å². The van der Waals surface area contributed by atoms with Crippen molar-refractivity contribution in [3.8, 4) is 17.0 Å². The van der Waals surface area contributed by atoms with Gasteiger partial charge in [0.1, 0.15) is 11.9 Å². The van der Waals surface area contributed by atoms with Crippen LogP contribution in [0.25, 0.3) is 11.3 Å². The number of rotatable bonds is 5. The highest BCUT2D eigenvalue weighted by molar-refractivity contribution is 5.78. The van der Waals surface area contributed by atoms with Crippen LogP contribution in [0.2, 0.25) is 0 Å². The number of ether oxygens (including phenoxy) is 1. The lowest BCUT2D eigenvalue weighted by Gasteiger charge is -2.15. The molecule has 126 valence electrons. The quantitative estimate of drug-likeness (QED) is 0.915. The summed E-state index contributed by atoms with van der Waals surface area (Å²) >= 11 is 0. The maximum Gasteiger partial charge on any atom is 0.222 e. The number of aromatic nitrogens is 1. The van der Waals surface area contributed by atoms with Gasteiger partial charge in [-0.25, -0.2) is 0 Å². The van der Waals surface area contributed by atoms with Crippen molar-refractivity contribution >= 4 is 5.91 Å². The Morgan fingerprint density at radius 2 is 2.25 bits per heavy atom. The summed E-state index contributed by atoms with van der Waals surface area (Å²) in [7, 11) is 0. The molecule has 0 saturated carbocycles. The first kappa shape index (κ1) is 16.5. The van der Waals surface area contributed by atoms with Crippen molar-refractivity contribution in [3.05, 3.63) is 47.7 Å². The van der Waals surface area contributed by atoms with Crippen LogP contribution in [-0.4, -0.2) is 23.5 Å². The number of fused-ring (bicyclic) bond motifs is 1. The highest BCUT2D eigenvalue weighted by atomic mass is 16.5. The van der Waals surface area contributed by atoms with E-state index in [9.17, 15) is 4.79 Å². The monoisotopic (exact) mass is 324 g/mol. The maximum absolute atomic E-state index is 12.0. The van der Waals surface area contributed by atoms with Gasteiger partial charge in [-0.2, -0.15) is 0 Å². The number of nitrogens with zero attached hydrogens (tertiary/aromatic N) is 1. The van der Waals surface area contributed by atoms with Crippen molar-refractivity contribution in [1.29, 1.82) is 0 Å². The summed E-state index contributed by atoms with van der Waals surface area (Å²) in [6.45, 7) is 6.60. The van der Waals surface area contributed by atoms with E-state index in [0.717, 1.165) is 29.8 Å². The van der Waals surface area contributed by atoms with Gasteiger partial charge in [-0.1, -0.05) is 26.0 Å². The van der Waals surface area contributed by atoms with Gasteiger partial charge in [0.25, 0.3) is 0 Å². The molecule has 3 rings (SSSR count). The standard InChI is InChI=1S/C20H24N2O2/c1-4-14(3)20(23)22-12-16-11-15-9-13(2)10-17(19(15)24-16)18-7-5-6-8-21-18/h5-10,14,16H,4,11-12H2,1-3H3,(H,22,23)/t14-,16+/m1/s1. The van der Waals surface area contributed by atoms with Crippen LogP contribution in [-0.2, 0) is 11.2 Å². The number of aryl methyl sites for hydroxylation is 1. The van der Waals surface area contributed by atoms with E-state index in [0.29, 0.717) is 6.54 Å². The van der Waals surface area contributed by atoms with Crippen LogP contribution in [0.4, 0.5) is 0 Å². The molecular weight excluding hydrogens is 300 g/mol. The fourth-order valence-corrected chi connectivity index (χ4v) is 2.99. The zero-order valence-electron chi connectivity index (χ0n) is 14.5. The molecule has 1 aromatic heterocycles. The van der Waals surface area contributed by atoms with Gasteiger partial charge >= 0.3 is 0 Å². The molecule has 4 nitrogen and oxygen atoms in total. The minimum atomic E-state index is -0.0164. The minimum Gasteiger partial charge on any atom is -0.487 e. The summed E-state index contributed by atoms with van der Waals surface area (Å²) in [5.74, 6) is 1.04. The lowest BCUT2D eigenvalue weighted by molar-refractivity contribution is -0.124. The third-order valence-electron chi connectivity index (χ3n) is 4.55. The number of carbonyl (C=O) groups is 1. The topological polar surface area (TPSA) is 51.2 Å². The Balaban J connectivity index is 1.76. The van der Waals surface area contributed by atoms with Crippen LogP contribution in [0.5, 0.6) is 5.75 Å². The van der Waals surface area contributed by atoms with Crippen LogP contribution in [0.1, 0.15) is 31.4 Å². The van der Waals surface area contributed by atoms with Crippen molar-refractivity contribution in [1.82, 2.24) is 10.3 Å². The number of nitrogens with one attached hydrogen (secondary N) is 1. The highest BCUT2D eigenvalue weighted by Gasteiger charge is 2.27. The van der Waals surface area contributed by atoms with E-state index in [1.165, 1.54) is 11.1 Å². The summed E-state index contributed by atoms with van der Waals surface area (Å²) < 4.78 is 6.16. The molecule has 2 aromatic rings. The summed E-state index contributed by atoms with van der Waals surface area (Å²) in [6.07, 6.45) is 3.44. The summed E-state index contributed by atoms with van der Waals surface area (Å²) in [5, 5.41) is 3.00. The van der Waals surface area contributed by atoms with Crippen LogP contribution < -0.4 is 10.1 Å². The number of hydrogen-bond acceptors (Lipinski definition) is 3. The predicted octanol–water partition coefficient (Wildman–Crippen LogP) is 3.52. The van der Waals surface area contributed by atoms with E-state index in [4.69, 9.17) is 4.74 Å². The van der Waals surface area contributed by atoms with Crippen LogP contribution in [0.15, 0.2) is 36.5 Å². The predicted molar refractivity (Wildman–Crippen MR) is 95.0 cm³/mol. The van der Waals surface area contributed by atoms with E-state index in [2.05, 4.69) is 29.4 Å². The third kappa shape index (κ3) is 3.42. The van der Waals surface area contributed by atoms with Crippen molar-refractivity contribution in [2.75, 3.05) is 6.54 Å². The Hall–Kier alpha value is -2.36. The molecule has 1 aromatic carbocycles. The number of hydrogen-bond donors (Lipinski definition) is 1. The first-order valence-electron chi connectivity index (χ1n) is 8.57. The smallest absolute Gasteiger partial charge is 0.222 e. The van der Waals surface area contributed by atoms with Crippen molar-refractivity contribution in [2.24, 2.45) is 5.92 Å². The Morgan fingerprint density at radius 1 is 1.42 bits per heavy atom. The molecule has 1 aliphatic heterocycles. The van der Waals surface area contributed by atoms with E-state index < -0.39 is 0 Å².